The second kappa shape index (κ2) is 4.24. The van der Waals surface area contributed by atoms with E-state index in [0.717, 1.165) is 6.07 Å². The second-order valence-electron chi connectivity index (χ2n) is 2.74. The smallest absolute Gasteiger partial charge is 0.400 e. The molecular formula is C8H7F3N4O. The van der Waals surface area contributed by atoms with Crippen LogP contribution in [0.1, 0.15) is 11.4 Å². The highest BCUT2D eigenvalue weighted by molar-refractivity contribution is 5.59. The van der Waals surface area contributed by atoms with E-state index in [4.69, 9.17) is 16.7 Å². The van der Waals surface area contributed by atoms with Crippen molar-refractivity contribution in [3.8, 4) is 11.8 Å². The molecule has 1 rings (SSSR count). The average molecular weight is 232 g/mol. The summed E-state index contributed by atoms with van der Waals surface area (Å²) in [6, 6.07) is 2.59. The molecule has 0 unspecified atom stereocenters. The van der Waals surface area contributed by atoms with Crippen molar-refractivity contribution in [2.75, 3.05) is 5.73 Å². The van der Waals surface area contributed by atoms with Gasteiger partial charge in [0.25, 0.3) is 0 Å². The highest BCUT2D eigenvalue weighted by Crippen LogP contribution is 2.31. The highest BCUT2D eigenvalue weighted by atomic mass is 19.4. The molecule has 1 aromatic heterocycles. The molecule has 1 aromatic rings. The molecule has 8 heteroatoms. The molecule has 0 fully saturated rings. The summed E-state index contributed by atoms with van der Waals surface area (Å²) >= 11 is 0. The molecule has 0 amide bonds. The topological polar surface area (TPSA) is 98.0 Å². The Balaban J connectivity index is 3.23. The van der Waals surface area contributed by atoms with Gasteiger partial charge in [0.1, 0.15) is 6.07 Å². The Hall–Kier alpha value is -2.01. The van der Waals surface area contributed by atoms with Gasteiger partial charge >= 0.3 is 6.36 Å². The number of ether oxygens (including phenoxy) is 1. The number of halogens is 3. The van der Waals surface area contributed by atoms with Crippen molar-refractivity contribution in [1.29, 1.82) is 5.26 Å². The minimum Gasteiger partial charge on any atom is -0.400 e. The molecule has 0 aliphatic rings. The summed E-state index contributed by atoms with van der Waals surface area (Å²) < 4.78 is 39.5. The number of nitrogens with zero attached hydrogens (tertiary/aromatic N) is 2. The van der Waals surface area contributed by atoms with Crippen LogP contribution in [0, 0.1) is 11.3 Å². The molecule has 86 valence electrons. The zero-order valence-corrected chi connectivity index (χ0v) is 7.88. The number of aromatic nitrogens is 1. The summed E-state index contributed by atoms with van der Waals surface area (Å²) in [5.41, 5.74) is 9.88. The van der Waals surface area contributed by atoms with Gasteiger partial charge in [0, 0.05) is 6.54 Å². The standard InChI is InChI=1S/C8H7F3N4O/c9-8(10,11)16-7-5(14)1-4(2-12)15-6(7)3-13/h1H,2,12H2,(H2,14,15). The lowest BCUT2D eigenvalue weighted by Gasteiger charge is -2.12. The number of hydrogen-bond acceptors (Lipinski definition) is 5. The van der Waals surface area contributed by atoms with Crippen LogP contribution in [0.4, 0.5) is 18.9 Å². The molecule has 0 bridgehead atoms. The van der Waals surface area contributed by atoms with Gasteiger partial charge in [-0.1, -0.05) is 0 Å². The zero-order chi connectivity index (χ0) is 12.3. The number of alkyl halides is 3. The lowest BCUT2D eigenvalue weighted by molar-refractivity contribution is -0.274. The van der Waals surface area contributed by atoms with Crippen molar-refractivity contribution in [2.24, 2.45) is 5.73 Å². The van der Waals surface area contributed by atoms with Crippen molar-refractivity contribution in [3.05, 3.63) is 17.5 Å². The predicted octanol–water partition coefficient (Wildman–Crippen LogP) is 0.893. The van der Waals surface area contributed by atoms with Crippen molar-refractivity contribution in [2.45, 2.75) is 12.9 Å². The number of pyridine rings is 1. The van der Waals surface area contributed by atoms with E-state index in [0.29, 0.717) is 0 Å². The van der Waals surface area contributed by atoms with E-state index in [2.05, 4.69) is 9.72 Å². The van der Waals surface area contributed by atoms with Gasteiger partial charge in [0.05, 0.1) is 11.4 Å². The summed E-state index contributed by atoms with van der Waals surface area (Å²) in [4.78, 5) is 3.56. The number of hydrogen-bond donors (Lipinski definition) is 2. The first-order chi connectivity index (χ1) is 7.37. The molecule has 0 aliphatic carbocycles. The summed E-state index contributed by atoms with van der Waals surface area (Å²) in [6.45, 7) is -0.0365. The Bertz CT molecular complexity index is 438. The molecule has 0 saturated heterocycles. The van der Waals surface area contributed by atoms with Crippen molar-refractivity contribution >= 4 is 5.69 Å². The molecule has 5 nitrogen and oxygen atoms in total. The third-order valence-corrected chi connectivity index (χ3v) is 1.59. The highest BCUT2D eigenvalue weighted by Gasteiger charge is 2.33. The van der Waals surface area contributed by atoms with Crippen LogP contribution >= 0.6 is 0 Å². The lowest BCUT2D eigenvalue weighted by atomic mass is 10.2. The first kappa shape index (κ1) is 12.1. The summed E-state index contributed by atoms with van der Waals surface area (Å²) in [5, 5.41) is 8.60. The van der Waals surface area contributed by atoms with Crippen LogP contribution in [0.15, 0.2) is 6.07 Å². The quantitative estimate of drug-likeness (QED) is 0.789. The fourth-order valence-electron chi connectivity index (χ4n) is 1.01. The molecule has 4 N–H and O–H groups in total. The Morgan fingerprint density at radius 1 is 1.50 bits per heavy atom. The van der Waals surface area contributed by atoms with Crippen molar-refractivity contribution in [3.63, 3.8) is 0 Å². The van der Waals surface area contributed by atoms with E-state index in [-0.39, 0.29) is 17.9 Å². The molecule has 1 heterocycles. The average Bonchev–Trinajstić information content (AvgIpc) is 2.19. The molecule has 0 spiro atoms. The van der Waals surface area contributed by atoms with Crippen LogP contribution in [-0.4, -0.2) is 11.3 Å². The van der Waals surface area contributed by atoms with Crippen LogP contribution in [0.5, 0.6) is 5.75 Å². The first-order valence-corrected chi connectivity index (χ1v) is 4.02. The zero-order valence-electron chi connectivity index (χ0n) is 7.88. The number of rotatable bonds is 2. The number of nitriles is 1. The Morgan fingerprint density at radius 2 is 2.12 bits per heavy atom. The first-order valence-electron chi connectivity index (χ1n) is 4.02. The minimum absolute atomic E-state index is 0.0365. The summed E-state index contributed by atoms with van der Waals surface area (Å²) in [6.07, 6.45) is -4.92. The monoisotopic (exact) mass is 232 g/mol. The van der Waals surface area contributed by atoms with E-state index >= 15 is 0 Å². The van der Waals surface area contributed by atoms with E-state index < -0.39 is 17.8 Å². The Labute approximate surface area is 88.4 Å². The molecule has 0 aromatic carbocycles. The second-order valence-corrected chi connectivity index (χ2v) is 2.74. The van der Waals surface area contributed by atoms with E-state index in [1.807, 2.05) is 0 Å². The van der Waals surface area contributed by atoms with Crippen LogP contribution in [0.3, 0.4) is 0 Å². The molecule has 0 radical (unpaired) electrons. The van der Waals surface area contributed by atoms with Crippen molar-refractivity contribution < 1.29 is 17.9 Å². The Kier molecular flexibility index (Phi) is 3.20. The number of nitrogen functional groups attached to an aromatic ring is 1. The summed E-state index contributed by atoms with van der Waals surface area (Å²) in [7, 11) is 0. The van der Waals surface area contributed by atoms with Gasteiger partial charge in [-0.2, -0.15) is 5.26 Å². The van der Waals surface area contributed by atoms with Gasteiger partial charge in [-0.15, -0.1) is 13.2 Å². The maximum atomic E-state index is 12.0. The fraction of sp³-hybridized carbons (Fsp3) is 0.250. The van der Waals surface area contributed by atoms with E-state index in [9.17, 15) is 13.2 Å². The molecule has 0 atom stereocenters. The van der Waals surface area contributed by atoms with Crippen LogP contribution in [0.25, 0.3) is 0 Å². The third kappa shape index (κ3) is 2.74. The SMILES string of the molecule is N#Cc1nc(CN)cc(N)c1OC(F)(F)F. The van der Waals surface area contributed by atoms with E-state index in [1.165, 1.54) is 6.07 Å². The van der Waals surface area contributed by atoms with Gasteiger partial charge in [0.15, 0.2) is 11.4 Å². The third-order valence-electron chi connectivity index (χ3n) is 1.59. The fourth-order valence-corrected chi connectivity index (χ4v) is 1.01. The van der Waals surface area contributed by atoms with Gasteiger partial charge in [-0.3, -0.25) is 0 Å². The van der Waals surface area contributed by atoms with Gasteiger partial charge < -0.3 is 16.2 Å². The Morgan fingerprint density at radius 3 is 2.56 bits per heavy atom. The lowest BCUT2D eigenvalue weighted by Crippen LogP contribution is -2.19. The number of anilines is 1. The van der Waals surface area contributed by atoms with E-state index in [1.54, 1.807) is 0 Å². The maximum Gasteiger partial charge on any atom is 0.573 e. The maximum absolute atomic E-state index is 12.0. The molecular weight excluding hydrogens is 225 g/mol. The van der Waals surface area contributed by atoms with Gasteiger partial charge in [-0.05, 0) is 6.07 Å². The largest absolute Gasteiger partial charge is 0.573 e. The van der Waals surface area contributed by atoms with Crippen LogP contribution in [0.2, 0.25) is 0 Å². The van der Waals surface area contributed by atoms with Gasteiger partial charge in [0.2, 0.25) is 0 Å². The van der Waals surface area contributed by atoms with Crippen LogP contribution in [-0.2, 0) is 6.54 Å². The molecule has 0 aliphatic heterocycles. The van der Waals surface area contributed by atoms with Crippen molar-refractivity contribution in [1.82, 2.24) is 4.98 Å². The summed E-state index contributed by atoms with van der Waals surface area (Å²) in [5.74, 6) is -0.799. The van der Waals surface area contributed by atoms with Gasteiger partial charge in [-0.25, -0.2) is 4.98 Å². The molecule has 0 saturated carbocycles. The molecule has 16 heavy (non-hydrogen) atoms. The minimum atomic E-state index is -4.92. The predicted molar refractivity (Wildman–Crippen MR) is 47.9 cm³/mol. The number of nitrogens with two attached hydrogens (primary N) is 2. The normalized spacial score (nSPS) is 10.9. The van der Waals surface area contributed by atoms with Crippen LogP contribution < -0.4 is 16.2 Å².